The molecule has 1 aromatic rings. The number of rotatable bonds is 4. The van der Waals surface area contributed by atoms with Crippen LogP contribution in [0.5, 0.6) is 0 Å². The fraction of sp³-hybridized carbons (Fsp3) is 0.556. The molecule has 2 amide bonds. The molecule has 7 nitrogen and oxygen atoms in total. The van der Waals surface area contributed by atoms with Gasteiger partial charge in [0.05, 0.1) is 20.3 Å². The van der Waals surface area contributed by atoms with E-state index in [2.05, 4.69) is 16.3 Å². The highest BCUT2D eigenvalue weighted by molar-refractivity contribution is 5.86. The number of anilines is 1. The van der Waals surface area contributed by atoms with Crippen LogP contribution in [0.4, 0.5) is 10.5 Å². The maximum atomic E-state index is 12.5. The van der Waals surface area contributed by atoms with Gasteiger partial charge in [-0.05, 0) is 24.5 Å². The van der Waals surface area contributed by atoms with Crippen LogP contribution in [0.2, 0.25) is 0 Å². The molecule has 1 aromatic carbocycles. The molecule has 0 unspecified atom stereocenters. The fourth-order valence-corrected chi connectivity index (χ4v) is 3.45. The Labute approximate surface area is 147 Å². The number of nitrogens with one attached hydrogen (secondary N) is 1. The molecule has 2 saturated heterocycles. The van der Waals surface area contributed by atoms with Crippen LogP contribution in [0.15, 0.2) is 24.3 Å². The van der Waals surface area contributed by atoms with E-state index in [9.17, 15) is 9.59 Å². The topological polar surface area (TPSA) is 71.1 Å². The highest BCUT2D eigenvalue weighted by Crippen LogP contribution is 2.22. The molecule has 0 bridgehead atoms. The van der Waals surface area contributed by atoms with E-state index < -0.39 is 12.1 Å². The number of likely N-dealkylation sites (tertiary alicyclic amines) is 1. The SMILES string of the molecule is COC(=O)N1CCC[C@@H]1C(=O)NCc1ccccc1N1CCOCC1. The van der Waals surface area contributed by atoms with Crippen molar-refractivity contribution in [3.63, 3.8) is 0 Å². The lowest BCUT2D eigenvalue weighted by molar-refractivity contribution is -0.125. The van der Waals surface area contributed by atoms with Crippen molar-refractivity contribution in [2.45, 2.75) is 25.4 Å². The molecule has 1 N–H and O–H groups in total. The van der Waals surface area contributed by atoms with E-state index in [4.69, 9.17) is 9.47 Å². The van der Waals surface area contributed by atoms with Crippen molar-refractivity contribution in [1.82, 2.24) is 10.2 Å². The van der Waals surface area contributed by atoms with Crippen molar-refractivity contribution >= 4 is 17.7 Å². The van der Waals surface area contributed by atoms with Gasteiger partial charge in [0.1, 0.15) is 6.04 Å². The Balaban J connectivity index is 1.63. The number of ether oxygens (including phenoxy) is 2. The molecule has 3 rings (SSSR count). The van der Waals surface area contributed by atoms with Crippen molar-refractivity contribution in [3.05, 3.63) is 29.8 Å². The molecular formula is C18H25N3O4. The molecule has 2 aliphatic rings. The highest BCUT2D eigenvalue weighted by Gasteiger charge is 2.34. The van der Waals surface area contributed by atoms with E-state index in [0.29, 0.717) is 19.5 Å². The van der Waals surface area contributed by atoms with Crippen molar-refractivity contribution in [2.75, 3.05) is 44.9 Å². The number of morpholine rings is 1. The second kappa shape index (κ2) is 8.20. The predicted molar refractivity (Wildman–Crippen MR) is 93.5 cm³/mol. The Hall–Kier alpha value is -2.28. The van der Waals surface area contributed by atoms with E-state index in [1.807, 2.05) is 18.2 Å². The van der Waals surface area contributed by atoms with Crippen molar-refractivity contribution in [3.8, 4) is 0 Å². The van der Waals surface area contributed by atoms with Crippen LogP contribution in [0.3, 0.4) is 0 Å². The second-order valence-corrected chi connectivity index (χ2v) is 6.27. The van der Waals surface area contributed by atoms with Gasteiger partial charge in [-0.25, -0.2) is 4.79 Å². The summed E-state index contributed by atoms with van der Waals surface area (Å²) < 4.78 is 10.2. The standard InChI is InChI=1S/C18H25N3O4/c1-24-18(23)21-8-4-7-16(21)17(22)19-13-14-5-2-3-6-15(14)20-9-11-25-12-10-20/h2-3,5-6,16H,4,7-13H2,1H3,(H,19,22)/t16-/m1/s1. The van der Waals surface area contributed by atoms with Gasteiger partial charge in [-0.2, -0.15) is 0 Å². The zero-order chi connectivity index (χ0) is 17.6. The number of para-hydroxylation sites is 1. The first-order chi connectivity index (χ1) is 12.2. The van der Waals surface area contributed by atoms with Gasteiger partial charge in [0.2, 0.25) is 5.91 Å². The Morgan fingerprint density at radius 1 is 1.24 bits per heavy atom. The quantitative estimate of drug-likeness (QED) is 0.891. The Morgan fingerprint density at radius 2 is 2.00 bits per heavy atom. The van der Waals surface area contributed by atoms with E-state index in [1.165, 1.54) is 12.0 Å². The molecular weight excluding hydrogens is 322 g/mol. The van der Waals surface area contributed by atoms with E-state index >= 15 is 0 Å². The Kier molecular flexibility index (Phi) is 5.75. The van der Waals surface area contributed by atoms with E-state index in [-0.39, 0.29) is 5.91 Å². The maximum Gasteiger partial charge on any atom is 0.410 e. The zero-order valence-corrected chi connectivity index (χ0v) is 14.6. The summed E-state index contributed by atoms with van der Waals surface area (Å²) in [6.07, 6.45) is 1.05. The van der Waals surface area contributed by atoms with Crippen molar-refractivity contribution in [1.29, 1.82) is 0 Å². The molecule has 2 fully saturated rings. The molecule has 0 aromatic heterocycles. The third kappa shape index (κ3) is 4.04. The molecule has 2 heterocycles. The van der Waals surface area contributed by atoms with Gasteiger partial charge in [0.15, 0.2) is 0 Å². The zero-order valence-electron chi connectivity index (χ0n) is 14.6. The summed E-state index contributed by atoms with van der Waals surface area (Å²) in [5, 5.41) is 2.98. The average Bonchev–Trinajstić information content (AvgIpc) is 3.16. The summed E-state index contributed by atoms with van der Waals surface area (Å²) >= 11 is 0. The van der Waals surface area contributed by atoms with Crippen molar-refractivity contribution in [2.24, 2.45) is 0 Å². The van der Waals surface area contributed by atoms with Crippen LogP contribution in [-0.4, -0.2) is 62.9 Å². The molecule has 2 aliphatic heterocycles. The summed E-state index contributed by atoms with van der Waals surface area (Å²) in [6.45, 7) is 4.15. The largest absolute Gasteiger partial charge is 0.453 e. The minimum atomic E-state index is -0.442. The van der Waals surface area contributed by atoms with Crippen LogP contribution in [-0.2, 0) is 20.8 Å². The summed E-state index contributed by atoms with van der Waals surface area (Å²) in [5.41, 5.74) is 2.20. The lowest BCUT2D eigenvalue weighted by atomic mass is 10.1. The number of amides is 2. The number of carbonyl (C=O) groups is 2. The first-order valence-corrected chi connectivity index (χ1v) is 8.73. The smallest absolute Gasteiger partial charge is 0.410 e. The molecule has 136 valence electrons. The van der Waals surface area contributed by atoms with Crippen LogP contribution >= 0.6 is 0 Å². The average molecular weight is 347 g/mol. The fourth-order valence-electron chi connectivity index (χ4n) is 3.45. The number of carbonyl (C=O) groups excluding carboxylic acids is 2. The highest BCUT2D eigenvalue weighted by atomic mass is 16.5. The molecule has 25 heavy (non-hydrogen) atoms. The number of hydrogen-bond acceptors (Lipinski definition) is 5. The van der Waals surface area contributed by atoms with Crippen LogP contribution in [0.25, 0.3) is 0 Å². The maximum absolute atomic E-state index is 12.5. The minimum Gasteiger partial charge on any atom is -0.453 e. The summed E-state index contributed by atoms with van der Waals surface area (Å²) in [4.78, 5) is 28.1. The van der Waals surface area contributed by atoms with E-state index in [1.54, 1.807) is 0 Å². The van der Waals surface area contributed by atoms with Gasteiger partial charge in [0, 0.05) is 31.9 Å². The molecule has 7 heteroatoms. The van der Waals surface area contributed by atoms with E-state index in [0.717, 1.165) is 44.0 Å². The van der Waals surface area contributed by atoms with Gasteiger partial charge < -0.3 is 19.7 Å². The number of benzene rings is 1. The molecule has 0 saturated carbocycles. The number of methoxy groups -OCH3 is 1. The van der Waals surface area contributed by atoms with Gasteiger partial charge in [-0.15, -0.1) is 0 Å². The van der Waals surface area contributed by atoms with Crippen LogP contribution < -0.4 is 10.2 Å². The lowest BCUT2D eigenvalue weighted by Gasteiger charge is -2.31. The molecule has 1 atom stereocenters. The van der Waals surface area contributed by atoms with Gasteiger partial charge >= 0.3 is 6.09 Å². The Morgan fingerprint density at radius 3 is 2.76 bits per heavy atom. The summed E-state index contributed by atoms with van der Waals surface area (Å²) in [7, 11) is 1.34. The summed E-state index contributed by atoms with van der Waals surface area (Å²) in [5.74, 6) is -0.125. The number of nitrogens with zero attached hydrogens (tertiary/aromatic N) is 2. The van der Waals surface area contributed by atoms with Crippen LogP contribution in [0.1, 0.15) is 18.4 Å². The Bertz CT molecular complexity index is 616. The monoisotopic (exact) mass is 347 g/mol. The lowest BCUT2D eigenvalue weighted by Crippen LogP contribution is -2.45. The first kappa shape index (κ1) is 17.5. The van der Waals surface area contributed by atoms with Gasteiger partial charge in [-0.3, -0.25) is 9.69 Å². The van der Waals surface area contributed by atoms with Gasteiger partial charge in [0.25, 0.3) is 0 Å². The minimum absolute atomic E-state index is 0.125. The van der Waals surface area contributed by atoms with Gasteiger partial charge in [-0.1, -0.05) is 18.2 Å². The van der Waals surface area contributed by atoms with Crippen LogP contribution in [0, 0.1) is 0 Å². The number of hydrogen-bond donors (Lipinski definition) is 1. The molecule has 0 aliphatic carbocycles. The third-order valence-electron chi connectivity index (χ3n) is 4.76. The second-order valence-electron chi connectivity index (χ2n) is 6.27. The molecule has 0 radical (unpaired) electrons. The molecule has 0 spiro atoms. The predicted octanol–water partition coefficient (Wildman–Crippen LogP) is 1.37. The third-order valence-corrected chi connectivity index (χ3v) is 4.76. The summed E-state index contributed by atoms with van der Waals surface area (Å²) in [6, 6.07) is 7.64. The van der Waals surface area contributed by atoms with Crippen molar-refractivity contribution < 1.29 is 19.1 Å². The normalized spacial score (nSPS) is 20.4. The first-order valence-electron chi connectivity index (χ1n) is 8.73.